The third-order valence-electron chi connectivity index (χ3n) is 6.68. The van der Waals surface area contributed by atoms with E-state index < -0.39 is 34.8 Å². The standard InChI is InChI=1S/C33H28FN5O7/c1-21-3-4-22(2)38(21)26-10-12-27(13-11-26)44-19-28-14-16-31(46-28)33(41)37-35-18-23-5-15-30(29(17-23)39(42)43)45-20-32(40)36-25-8-6-24(34)7-9-25/h3-18H,19-20H2,1-2H3,(H,36,40)(H,37,41)/b35-18+. The summed E-state index contributed by atoms with van der Waals surface area (Å²) >= 11 is 0. The van der Waals surface area contributed by atoms with Gasteiger partial charge in [-0.1, -0.05) is 0 Å². The van der Waals surface area contributed by atoms with Gasteiger partial charge in [-0.25, -0.2) is 9.82 Å². The van der Waals surface area contributed by atoms with Crippen LogP contribution in [0.3, 0.4) is 0 Å². The number of anilines is 1. The highest BCUT2D eigenvalue weighted by Crippen LogP contribution is 2.27. The maximum Gasteiger partial charge on any atom is 0.311 e. The molecule has 0 atom stereocenters. The minimum atomic E-state index is -0.673. The van der Waals surface area contributed by atoms with Crippen molar-refractivity contribution in [1.82, 2.24) is 9.99 Å². The molecule has 0 saturated carbocycles. The fourth-order valence-electron chi connectivity index (χ4n) is 4.47. The molecule has 46 heavy (non-hydrogen) atoms. The van der Waals surface area contributed by atoms with Gasteiger partial charge in [-0.05, 0) is 98.8 Å². The van der Waals surface area contributed by atoms with Crippen molar-refractivity contribution in [2.24, 2.45) is 5.10 Å². The molecule has 13 heteroatoms. The van der Waals surface area contributed by atoms with Crippen molar-refractivity contribution in [3.63, 3.8) is 0 Å². The van der Waals surface area contributed by atoms with Gasteiger partial charge in [-0.2, -0.15) is 5.10 Å². The van der Waals surface area contributed by atoms with Crippen molar-refractivity contribution < 1.29 is 32.8 Å². The van der Waals surface area contributed by atoms with Crippen LogP contribution in [-0.4, -0.2) is 34.1 Å². The molecular formula is C33H28FN5O7. The fourth-order valence-corrected chi connectivity index (χ4v) is 4.47. The van der Waals surface area contributed by atoms with E-state index in [2.05, 4.69) is 32.5 Å². The third-order valence-corrected chi connectivity index (χ3v) is 6.68. The molecular weight excluding hydrogens is 597 g/mol. The van der Waals surface area contributed by atoms with Crippen LogP contribution in [0, 0.1) is 29.8 Å². The Hall–Kier alpha value is -6.24. The predicted octanol–water partition coefficient (Wildman–Crippen LogP) is 6.09. The first-order chi connectivity index (χ1) is 22.2. The zero-order valence-electron chi connectivity index (χ0n) is 24.7. The Morgan fingerprint density at radius 2 is 1.67 bits per heavy atom. The zero-order chi connectivity index (χ0) is 32.6. The summed E-state index contributed by atoms with van der Waals surface area (Å²) in [7, 11) is 0. The molecule has 0 fully saturated rings. The van der Waals surface area contributed by atoms with Crippen LogP contribution in [0.25, 0.3) is 5.69 Å². The highest BCUT2D eigenvalue weighted by molar-refractivity contribution is 5.93. The number of furan rings is 1. The van der Waals surface area contributed by atoms with E-state index in [0.29, 0.717) is 17.2 Å². The smallest absolute Gasteiger partial charge is 0.311 e. The first-order valence-corrected chi connectivity index (χ1v) is 13.9. The first kappa shape index (κ1) is 31.2. The summed E-state index contributed by atoms with van der Waals surface area (Å²) < 4.78 is 31.9. The van der Waals surface area contributed by atoms with Gasteiger partial charge in [-0.3, -0.25) is 19.7 Å². The van der Waals surface area contributed by atoms with Crippen molar-refractivity contribution in [3.05, 3.63) is 135 Å². The largest absolute Gasteiger partial charge is 0.486 e. The van der Waals surface area contributed by atoms with Gasteiger partial charge in [0.25, 0.3) is 5.91 Å². The summed E-state index contributed by atoms with van der Waals surface area (Å²) in [5.41, 5.74) is 5.81. The van der Waals surface area contributed by atoms with E-state index in [1.165, 1.54) is 54.7 Å². The van der Waals surface area contributed by atoms with Crippen molar-refractivity contribution in [3.8, 4) is 17.2 Å². The Kier molecular flexibility index (Phi) is 9.51. The molecule has 3 aromatic carbocycles. The van der Waals surface area contributed by atoms with Crippen molar-refractivity contribution >= 4 is 29.4 Å². The van der Waals surface area contributed by atoms with Crippen molar-refractivity contribution in [1.29, 1.82) is 0 Å². The lowest BCUT2D eigenvalue weighted by Gasteiger charge is -2.10. The van der Waals surface area contributed by atoms with E-state index in [-0.39, 0.29) is 23.7 Å². The number of nitro benzene ring substituents is 1. The molecule has 2 amide bonds. The van der Waals surface area contributed by atoms with Crippen LogP contribution in [-0.2, 0) is 11.4 Å². The number of ether oxygens (including phenoxy) is 2. The van der Waals surface area contributed by atoms with Crippen LogP contribution in [0.15, 0.2) is 101 Å². The second-order valence-corrected chi connectivity index (χ2v) is 10.0. The second kappa shape index (κ2) is 14.0. The topological polar surface area (TPSA) is 150 Å². The lowest BCUT2D eigenvalue weighted by molar-refractivity contribution is -0.385. The number of halogens is 1. The summed E-state index contributed by atoms with van der Waals surface area (Å²) in [6.45, 7) is 3.66. The number of amides is 2. The molecule has 2 heterocycles. The first-order valence-electron chi connectivity index (χ1n) is 13.9. The molecule has 0 unspecified atom stereocenters. The molecule has 0 aliphatic heterocycles. The lowest BCUT2D eigenvalue weighted by atomic mass is 10.2. The molecule has 234 valence electrons. The van der Waals surface area contributed by atoms with Gasteiger partial charge in [0.05, 0.1) is 11.1 Å². The van der Waals surface area contributed by atoms with E-state index in [1.54, 1.807) is 6.07 Å². The Labute approximate surface area is 262 Å². The highest BCUT2D eigenvalue weighted by Gasteiger charge is 2.17. The summed E-state index contributed by atoms with van der Waals surface area (Å²) in [4.78, 5) is 35.6. The maximum atomic E-state index is 13.0. The number of hydrazone groups is 1. The second-order valence-electron chi connectivity index (χ2n) is 10.0. The number of nitro groups is 1. The summed E-state index contributed by atoms with van der Waals surface area (Å²) in [5.74, 6) is -0.766. The SMILES string of the molecule is Cc1ccc(C)n1-c1ccc(OCc2ccc(C(=O)N/N=C/c3ccc(OCC(=O)Nc4ccc(F)cc4)c([N+](=O)[O-])c3)o2)cc1. The zero-order valence-corrected chi connectivity index (χ0v) is 24.7. The molecule has 0 aliphatic rings. The summed E-state index contributed by atoms with van der Waals surface area (Å²) in [5, 5.41) is 17.9. The van der Waals surface area contributed by atoms with E-state index in [4.69, 9.17) is 13.9 Å². The van der Waals surface area contributed by atoms with Crippen LogP contribution >= 0.6 is 0 Å². The Balaban J connectivity index is 1.12. The molecule has 5 aromatic rings. The van der Waals surface area contributed by atoms with Crippen LogP contribution < -0.4 is 20.2 Å². The molecule has 5 rings (SSSR count). The quantitative estimate of drug-likeness (QED) is 0.0967. The molecule has 0 radical (unpaired) electrons. The van der Waals surface area contributed by atoms with E-state index in [0.717, 1.165) is 17.1 Å². The Morgan fingerprint density at radius 3 is 2.37 bits per heavy atom. The van der Waals surface area contributed by atoms with Gasteiger partial charge in [0.1, 0.15) is 23.9 Å². The molecule has 2 N–H and O–H groups in total. The van der Waals surface area contributed by atoms with Crippen LogP contribution in [0.1, 0.15) is 33.3 Å². The van der Waals surface area contributed by atoms with Gasteiger partial charge in [-0.15, -0.1) is 0 Å². The van der Waals surface area contributed by atoms with Gasteiger partial charge in [0.15, 0.2) is 18.1 Å². The van der Waals surface area contributed by atoms with Crippen molar-refractivity contribution in [2.45, 2.75) is 20.5 Å². The van der Waals surface area contributed by atoms with Crippen LogP contribution in [0.2, 0.25) is 0 Å². The molecule has 12 nitrogen and oxygen atoms in total. The molecule has 2 aromatic heterocycles. The number of carbonyl (C=O) groups is 2. The average Bonchev–Trinajstić information content (AvgIpc) is 3.66. The summed E-state index contributed by atoms with van der Waals surface area (Å²) in [6, 6.07) is 23.9. The number of nitrogens with zero attached hydrogens (tertiary/aromatic N) is 3. The number of nitrogens with one attached hydrogen (secondary N) is 2. The van der Waals surface area contributed by atoms with E-state index in [9.17, 15) is 24.1 Å². The number of benzene rings is 3. The Morgan fingerprint density at radius 1 is 0.957 bits per heavy atom. The number of aryl methyl sites for hydroxylation is 2. The number of carbonyl (C=O) groups excluding carboxylic acids is 2. The average molecular weight is 626 g/mol. The van der Waals surface area contributed by atoms with Gasteiger partial charge in [0, 0.05) is 34.4 Å². The number of aromatic nitrogens is 1. The molecule has 0 saturated heterocycles. The monoisotopic (exact) mass is 625 g/mol. The van der Waals surface area contributed by atoms with Crippen LogP contribution in [0.5, 0.6) is 11.5 Å². The molecule has 0 bridgehead atoms. The molecule has 0 spiro atoms. The van der Waals surface area contributed by atoms with Gasteiger partial charge >= 0.3 is 11.6 Å². The Bertz CT molecular complexity index is 1880. The third kappa shape index (κ3) is 7.82. The predicted molar refractivity (Wildman–Crippen MR) is 167 cm³/mol. The maximum absolute atomic E-state index is 13.0. The fraction of sp³-hybridized carbons (Fsp3) is 0.121. The van der Waals surface area contributed by atoms with Gasteiger partial charge in [0.2, 0.25) is 0 Å². The van der Waals surface area contributed by atoms with E-state index >= 15 is 0 Å². The highest BCUT2D eigenvalue weighted by atomic mass is 19.1. The minimum Gasteiger partial charge on any atom is -0.486 e. The van der Waals surface area contributed by atoms with Gasteiger partial charge < -0.3 is 23.8 Å². The number of hydrogen-bond acceptors (Lipinski definition) is 8. The van der Waals surface area contributed by atoms with E-state index in [1.807, 2.05) is 38.1 Å². The number of rotatable bonds is 12. The van der Waals surface area contributed by atoms with Crippen LogP contribution in [0.4, 0.5) is 15.8 Å². The van der Waals surface area contributed by atoms with Crippen molar-refractivity contribution in [2.75, 3.05) is 11.9 Å². The minimum absolute atomic E-state index is 0.00158. The molecule has 0 aliphatic carbocycles. The summed E-state index contributed by atoms with van der Waals surface area (Å²) in [6.07, 6.45) is 1.21. The normalized spacial score (nSPS) is 10.9. The lowest BCUT2D eigenvalue weighted by Crippen LogP contribution is -2.20. The number of hydrogen-bond donors (Lipinski definition) is 2.